The van der Waals surface area contributed by atoms with E-state index in [9.17, 15) is 4.79 Å². The molecule has 1 aromatic carbocycles. The summed E-state index contributed by atoms with van der Waals surface area (Å²) in [5, 5.41) is 3.69. The van der Waals surface area contributed by atoms with Crippen molar-refractivity contribution in [2.24, 2.45) is 11.8 Å². The molecule has 3 atom stereocenters. The van der Waals surface area contributed by atoms with Crippen LogP contribution in [0.3, 0.4) is 0 Å². The zero-order valence-electron chi connectivity index (χ0n) is 19.0. The van der Waals surface area contributed by atoms with Gasteiger partial charge in [0.2, 0.25) is 11.8 Å². The lowest BCUT2D eigenvalue weighted by molar-refractivity contribution is -0.117. The Morgan fingerprint density at radius 1 is 1.25 bits per heavy atom. The number of fused-ring (bicyclic) bond motifs is 1. The third-order valence-corrected chi connectivity index (χ3v) is 7.00. The number of rotatable bonds is 5. The highest BCUT2D eigenvalue weighted by molar-refractivity contribution is 5.94. The first-order valence-corrected chi connectivity index (χ1v) is 11.6. The minimum atomic E-state index is 0.0474. The Kier molecular flexibility index (Phi) is 5.64. The minimum absolute atomic E-state index is 0.0474. The van der Waals surface area contributed by atoms with Gasteiger partial charge in [0.05, 0.1) is 26.4 Å². The summed E-state index contributed by atoms with van der Waals surface area (Å²) in [4.78, 5) is 19.5. The van der Waals surface area contributed by atoms with Gasteiger partial charge in [-0.15, -0.1) is 0 Å². The van der Waals surface area contributed by atoms with Crippen molar-refractivity contribution in [3.63, 3.8) is 0 Å². The largest absolute Gasteiger partial charge is 0.481 e. The molecular weight excluding hydrogens is 402 g/mol. The third-order valence-electron chi connectivity index (χ3n) is 7.00. The van der Waals surface area contributed by atoms with Gasteiger partial charge >= 0.3 is 0 Å². The summed E-state index contributed by atoms with van der Waals surface area (Å²) in [6.07, 6.45) is 5.44. The number of benzene rings is 1. The molecule has 6 nitrogen and oxygen atoms in total. The predicted molar refractivity (Wildman–Crippen MR) is 126 cm³/mol. The number of carbonyl (C=O) groups excluding carboxylic acids is 1. The summed E-state index contributed by atoms with van der Waals surface area (Å²) in [5.74, 6) is 2.29. The van der Waals surface area contributed by atoms with Gasteiger partial charge in [-0.05, 0) is 60.1 Å². The number of aromatic nitrogens is 1. The zero-order valence-corrected chi connectivity index (χ0v) is 19.0. The zero-order chi connectivity index (χ0) is 22.2. The Labute approximate surface area is 189 Å². The minimum Gasteiger partial charge on any atom is -0.481 e. The van der Waals surface area contributed by atoms with Crippen molar-refractivity contribution in [2.45, 2.75) is 45.2 Å². The predicted octanol–water partition coefficient (Wildman–Crippen LogP) is 4.83. The van der Waals surface area contributed by atoms with E-state index < -0.39 is 0 Å². The fraction of sp³-hybridized carbons (Fsp3) is 0.462. The van der Waals surface area contributed by atoms with Gasteiger partial charge in [-0.1, -0.05) is 25.1 Å². The van der Waals surface area contributed by atoms with Crippen LogP contribution in [0.15, 0.2) is 42.5 Å². The van der Waals surface area contributed by atoms with Gasteiger partial charge < -0.3 is 19.7 Å². The first kappa shape index (κ1) is 21.0. The lowest BCUT2D eigenvalue weighted by Gasteiger charge is -2.46. The summed E-state index contributed by atoms with van der Waals surface area (Å²) in [7, 11) is 1.63. The second kappa shape index (κ2) is 8.58. The van der Waals surface area contributed by atoms with Crippen LogP contribution in [0.25, 0.3) is 5.57 Å². The van der Waals surface area contributed by atoms with Gasteiger partial charge in [-0.25, -0.2) is 0 Å². The highest BCUT2D eigenvalue weighted by Gasteiger charge is 2.47. The molecule has 1 N–H and O–H groups in total. The first-order valence-electron chi connectivity index (χ1n) is 11.6. The molecule has 168 valence electrons. The highest BCUT2D eigenvalue weighted by atomic mass is 16.5. The highest BCUT2D eigenvalue weighted by Crippen LogP contribution is 2.50. The van der Waals surface area contributed by atoms with Crippen LogP contribution >= 0.6 is 0 Å². The summed E-state index contributed by atoms with van der Waals surface area (Å²) >= 11 is 0. The van der Waals surface area contributed by atoms with E-state index in [2.05, 4.69) is 46.4 Å². The van der Waals surface area contributed by atoms with Crippen molar-refractivity contribution in [2.75, 3.05) is 30.5 Å². The van der Waals surface area contributed by atoms with E-state index in [0.29, 0.717) is 18.4 Å². The van der Waals surface area contributed by atoms with Crippen LogP contribution in [0.2, 0.25) is 0 Å². The second-order valence-corrected chi connectivity index (χ2v) is 9.09. The van der Waals surface area contributed by atoms with Crippen molar-refractivity contribution < 1.29 is 14.3 Å². The molecule has 3 heterocycles. The van der Waals surface area contributed by atoms with Crippen molar-refractivity contribution in [3.8, 4) is 5.88 Å². The molecule has 1 saturated carbocycles. The number of carbonyl (C=O) groups is 1. The number of ether oxygens (including phenoxy) is 2. The molecule has 3 aliphatic rings. The van der Waals surface area contributed by atoms with Gasteiger partial charge in [0, 0.05) is 30.6 Å². The molecule has 2 aliphatic heterocycles. The van der Waals surface area contributed by atoms with Gasteiger partial charge in [0.25, 0.3) is 0 Å². The Morgan fingerprint density at radius 2 is 2.09 bits per heavy atom. The molecule has 0 spiro atoms. The number of hydrogen-bond donors (Lipinski definition) is 1. The van der Waals surface area contributed by atoms with Gasteiger partial charge in [0.1, 0.15) is 5.82 Å². The fourth-order valence-electron chi connectivity index (χ4n) is 5.32. The molecule has 6 heteroatoms. The molecule has 0 radical (unpaired) electrons. The van der Waals surface area contributed by atoms with E-state index in [0.717, 1.165) is 30.1 Å². The van der Waals surface area contributed by atoms with Crippen molar-refractivity contribution in [1.82, 2.24) is 4.98 Å². The number of nitrogens with one attached hydrogen (secondary N) is 1. The van der Waals surface area contributed by atoms with Crippen LogP contribution in [0, 0.1) is 11.8 Å². The summed E-state index contributed by atoms with van der Waals surface area (Å²) < 4.78 is 10.8. The Balaban J connectivity index is 1.60. The maximum Gasteiger partial charge on any atom is 0.224 e. The van der Waals surface area contributed by atoms with E-state index in [-0.39, 0.29) is 23.9 Å². The van der Waals surface area contributed by atoms with E-state index in [1.807, 2.05) is 18.2 Å². The van der Waals surface area contributed by atoms with E-state index in [1.54, 1.807) is 14.0 Å². The number of hydrogen-bond acceptors (Lipinski definition) is 5. The molecule has 1 aromatic heterocycles. The molecule has 32 heavy (non-hydrogen) atoms. The van der Waals surface area contributed by atoms with Gasteiger partial charge in [-0.3, -0.25) is 4.79 Å². The van der Waals surface area contributed by atoms with E-state index >= 15 is 0 Å². The quantitative estimate of drug-likeness (QED) is 0.732. The SMILES string of the molecule is COc1cccc(N[C@H]2c3cc(C4=CCOCC4)ccc3N(C(C)=O)[C@@H](C3CC3)C2C)n1. The van der Waals surface area contributed by atoms with Crippen LogP contribution in [-0.4, -0.2) is 37.3 Å². The fourth-order valence-corrected chi connectivity index (χ4v) is 5.32. The number of nitrogens with zero attached hydrogens (tertiary/aromatic N) is 2. The molecular formula is C26H31N3O3. The average molecular weight is 434 g/mol. The molecule has 5 rings (SSSR count). The maximum absolute atomic E-state index is 12.8. The topological polar surface area (TPSA) is 63.7 Å². The van der Waals surface area contributed by atoms with Gasteiger partial charge in [0.15, 0.2) is 0 Å². The lowest BCUT2D eigenvalue weighted by atomic mass is 9.79. The molecule has 0 saturated heterocycles. The smallest absolute Gasteiger partial charge is 0.224 e. The van der Waals surface area contributed by atoms with Crippen molar-refractivity contribution in [1.29, 1.82) is 0 Å². The number of anilines is 2. The first-order chi connectivity index (χ1) is 15.6. The van der Waals surface area contributed by atoms with E-state index in [1.165, 1.54) is 24.0 Å². The third kappa shape index (κ3) is 3.88. The van der Waals surface area contributed by atoms with Crippen LogP contribution in [0.1, 0.15) is 50.3 Å². The van der Waals surface area contributed by atoms with Crippen LogP contribution in [-0.2, 0) is 9.53 Å². The molecule has 1 aliphatic carbocycles. The van der Waals surface area contributed by atoms with Crippen molar-refractivity contribution in [3.05, 3.63) is 53.6 Å². The van der Waals surface area contributed by atoms with Crippen LogP contribution < -0.4 is 15.0 Å². The number of pyridine rings is 1. The second-order valence-electron chi connectivity index (χ2n) is 9.09. The molecule has 1 fully saturated rings. The Hall–Kier alpha value is -2.86. The normalized spacial score (nSPS) is 25.0. The van der Waals surface area contributed by atoms with Crippen LogP contribution in [0.5, 0.6) is 5.88 Å². The molecule has 0 bridgehead atoms. The number of methoxy groups -OCH3 is 1. The van der Waals surface area contributed by atoms with Gasteiger partial charge in [-0.2, -0.15) is 4.98 Å². The molecule has 1 amide bonds. The maximum atomic E-state index is 12.8. The van der Waals surface area contributed by atoms with E-state index in [4.69, 9.17) is 9.47 Å². The van der Waals surface area contributed by atoms with Crippen LogP contribution in [0.4, 0.5) is 11.5 Å². The Bertz CT molecular complexity index is 1050. The monoisotopic (exact) mass is 433 g/mol. The number of amides is 1. The van der Waals surface area contributed by atoms with Crippen molar-refractivity contribution >= 4 is 23.0 Å². The molecule has 1 unspecified atom stereocenters. The summed E-state index contributed by atoms with van der Waals surface area (Å²) in [6.45, 7) is 5.36. The summed E-state index contributed by atoms with van der Waals surface area (Å²) in [6, 6.07) is 12.6. The Morgan fingerprint density at radius 3 is 2.78 bits per heavy atom. The standard InChI is InChI=1S/C26H31N3O3/c1-16-25(28-23-5-4-6-24(27-23)31-3)21-15-20(18-11-13-32-14-12-18)9-10-22(21)29(17(2)30)26(16)19-7-8-19/h4-6,9-11,15-16,19,25-26H,7-8,12-14H2,1-3H3,(H,27,28)/t16?,25-,26-/m1/s1. The lowest BCUT2D eigenvalue weighted by Crippen LogP contribution is -2.51. The average Bonchev–Trinajstić information content (AvgIpc) is 3.66. The summed E-state index contributed by atoms with van der Waals surface area (Å²) in [5.41, 5.74) is 4.69. The molecule has 2 aromatic rings.